The number of carbonyl (C=O) groups excluding carboxylic acids is 2. The second kappa shape index (κ2) is 8.17. The molecule has 3 atom stereocenters. The third-order valence-corrected chi connectivity index (χ3v) is 6.91. The third kappa shape index (κ3) is 4.39. The van der Waals surface area contributed by atoms with E-state index in [9.17, 15) is 13.3 Å². The summed E-state index contributed by atoms with van der Waals surface area (Å²) in [5.41, 5.74) is 0.743. The van der Waals surface area contributed by atoms with Crippen molar-refractivity contribution in [2.24, 2.45) is 0 Å². The summed E-state index contributed by atoms with van der Waals surface area (Å²) in [6.07, 6.45) is 3.32. The molecule has 2 aliphatic rings. The van der Waals surface area contributed by atoms with E-state index in [0.29, 0.717) is 11.7 Å². The summed E-state index contributed by atoms with van der Waals surface area (Å²) in [5, 5.41) is 9.23. The van der Waals surface area contributed by atoms with Gasteiger partial charge in [0.15, 0.2) is 0 Å². The van der Waals surface area contributed by atoms with Crippen molar-refractivity contribution in [1.29, 1.82) is 0 Å². The van der Waals surface area contributed by atoms with Crippen LogP contribution in [0.5, 0.6) is 0 Å². The topological polar surface area (TPSA) is 87.3 Å². The predicted molar refractivity (Wildman–Crippen MR) is 95.1 cm³/mol. The Kier molecular flexibility index (Phi) is 5.95. The number of amides is 3. The Hall–Kier alpha value is -1.33. The summed E-state index contributed by atoms with van der Waals surface area (Å²) < 4.78 is 11.6. The van der Waals surface area contributed by atoms with Gasteiger partial charge < -0.3 is 10.6 Å². The van der Waals surface area contributed by atoms with Crippen molar-refractivity contribution in [3.05, 3.63) is 24.3 Å². The molecule has 0 aliphatic carbocycles. The van der Waals surface area contributed by atoms with E-state index < -0.39 is 15.7 Å². The number of nitrogens with one attached hydrogen (secondary N) is 3. The molecule has 0 spiro atoms. The Bertz CT molecular complexity index is 625. The van der Waals surface area contributed by atoms with Gasteiger partial charge in [0.25, 0.3) is 0 Å². The molecule has 0 aromatic heterocycles. The van der Waals surface area contributed by atoms with Gasteiger partial charge in [-0.25, -0.2) is 4.79 Å². The Morgan fingerprint density at radius 1 is 1.25 bits per heavy atom. The molecule has 6 nitrogen and oxygen atoms in total. The van der Waals surface area contributed by atoms with E-state index in [0.717, 1.165) is 35.1 Å². The van der Waals surface area contributed by atoms with Gasteiger partial charge in [-0.1, -0.05) is 0 Å². The summed E-state index contributed by atoms with van der Waals surface area (Å²) in [5.74, 6) is 0.974. The van der Waals surface area contributed by atoms with E-state index in [4.69, 9.17) is 0 Å². The van der Waals surface area contributed by atoms with Crippen LogP contribution in [0.25, 0.3) is 0 Å². The van der Waals surface area contributed by atoms with Crippen LogP contribution < -0.4 is 20.3 Å². The zero-order chi connectivity index (χ0) is 16.9. The Labute approximate surface area is 151 Å². The number of hydrogen-bond acceptors (Lipinski definition) is 4. The van der Waals surface area contributed by atoms with Gasteiger partial charge in [-0.2, -0.15) is 0 Å². The maximum absolute atomic E-state index is 11.9. The van der Waals surface area contributed by atoms with E-state index in [1.807, 2.05) is 11.8 Å². The molecule has 2 heterocycles. The van der Waals surface area contributed by atoms with Crippen molar-refractivity contribution in [3.63, 3.8) is 0 Å². The van der Waals surface area contributed by atoms with E-state index in [2.05, 4.69) is 16.0 Å². The summed E-state index contributed by atoms with van der Waals surface area (Å²) in [6.45, 7) is 0. The zero-order valence-electron chi connectivity index (χ0n) is 13.2. The minimum absolute atomic E-state index is 0.00549. The van der Waals surface area contributed by atoms with Gasteiger partial charge in [-0.05, 0) is 0 Å². The number of anilines is 1. The fourth-order valence-corrected chi connectivity index (χ4v) is 5.21. The average molecular weight is 409 g/mol. The van der Waals surface area contributed by atoms with Crippen LogP contribution in [-0.4, -0.2) is 50.7 Å². The minimum atomic E-state index is -1.01. The normalized spacial score (nSPS) is 25.2. The van der Waals surface area contributed by atoms with Crippen LogP contribution in [0.3, 0.4) is 0 Å². The molecular weight excluding hydrogens is 389 g/mol. The molecule has 2 fully saturated rings. The Morgan fingerprint density at radius 3 is 2.79 bits per heavy atom. The van der Waals surface area contributed by atoms with E-state index in [-0.39, 0.29) is 24.0 Å². The summed E-state index contributed by atoms with van der Waals surface area (Å²) in [6, 6.07) is 7.56. The summed E-state index contributed by atoms with van der Waals surface area (Å²) in [4.78, 5) is 23.3. The molecule has 2 aliphatic heterocycles. The molecule has 8 heteroatoms. The van der Waals surface area contributed by atoms with Crippen molar-refractivity contribution in [3.8, 4) is 0 Å². The predicted octanol–water partition coefficient (Wildman–Crippen LogP) is 1.03. The van der Waals surface area contributed by atoms with Gasteiger partial charge in [0.2, 0.25) is 0 Å². The fourth-order valence-electron chi connectivity index (χ4n) is 3.10. The number of unbranched alkanes of at least 4 members (excludes halogenated alkanes) is 1. The monoisotopic (exact) mass is 409 g/mol. The number of urea groups is 1. The second-order valence-electron chi connectivity index (χ2n) is 6.05. The number of fused-ring (bicyclic) bond motifs is 1. The van der Waals surface area contributed by atoms with Crippen molar-refractivity contribution >= 4 is 49.4 Å². The molecule has 1 aromatic carbocycles. The van der Waals surface area contributed by atoms with Gasteiger partial charge in [0, 0.05) is 5.75 Å². The van der Waals surface area contributed by atoms with Crippen molar-refractivity contribution in [1.82, 2.24) is 10.6 Å². The molecule has 0 saturated carbocycles. The molecule has 24 heavy (non-hydrogen) atoms. The standard InChI is InChI=1S/C16H20AsN3O3S/c21-14(18-11-7-5-10(17-23)6-8-11)4-2-1-3-13-15-12(9-24-13)19-16(22)20-15/h5-8,12-13,15H,1-4,9H2,(H,18,21)(H2,19,20,22)/t12-,13-,15-/m0/s1. The van der Waals surface area contributed by atoms with Crippen LogP contribution >= 0.6 is 11.8 Å². The SMILES string of the molecule is O=[As]c1ccc(NC(=O)CCCC[C@@H]2SC[C@@H]3NC(=O)N[C@@H]32)cc1. The number of thioether (sulfide) groups is 1. The first-order valence-electron chi connectivity index (χ1n) is 8.07. The van der Waals surface area contributed by atoms with Gasteiger partial charge in [0.1, 0.15) is 0 Å². The van der Waals surface area contributed by atoms with Crippen LogP contribution in [0.2, 0.25) is 0 Å². The van der Waals surface area contributed by atoms with Crippen molar-refractivity contribution in [2.75, 3.05) is 11.1 Å². The van der Waals surface area contributed by atoms with Crippen molar-refractivity contribution in [2.45, 2.75) is 43.0 Å². The van der Waals surface area contributed by atoms with Crippen molar-refractivity contribution < 1.29 is 13.3 Å². The van der Waals surface area contributed by atoms with E-state index in [1.165, 1.54) is 0 Å². The third-order valence-electron chi connectivity index (χ3n) is 4.34. The number of rotatable bonds is 7. The molecule has 0 bridgehead atoms. The fraction of sp³-hybridized carbons (Fsp3) is 0.500. The Balaban J connectivity index is 1.35. The molecule has 3 N–H and O–H groups in total. The van der Waals surface area contributed by atoms with Crippen LogP contribution in [-0.2, 0) is 8.53 Å². The van der Waals surface area contributed by atoms with Crippen LogP contribution in [0.1, 0.15) is 25.7 Å². The molecule has 3 rings (SSSR count). The van der Waals surface area contributed by atoms with Crippen LogP contribution in [0.15, 0.2) is 24.3 Å². The maximum atomic E-state index is 11.9. The Morgan fingerprint density at radius 2 is 2.04 bits per heavy atom. The molecule has 1 aromatic rings. The van der Waals surface area contributed by atoms with Gasteiger partial charge in [-0.15, -0.1) is 0 Å². The number of hydrogen-bond donors (Lipinski definition) is 3. The first-order valence-corrected chi connectivity index (χ1v) is 10.8. The first kappa shape index (κ1) is 17.5. The second-order valence-corrected chi connectivity index (χ2v) is 8.79. The average Bonchev–Trinajstić information content (AvgIpc) is 3.12. The van der Waals surface area contributed by atoms with Crippen LogP contribution in [0, 0.1) is 0 Å². The molecule has 3 amide bonds. The first-order chi connectivity index (χ1) is 11.7. The molecule has 2 saturated heterocycles. The molecule has 0 radical (unpaired) electrons. The van der Waals surface area contributed by atoms with E-state index in [1.54, 1.807) is 24.3 Å². The summed E-state index contributed by atoms with van der Waals surface area (Å²) >= 11 is 0.889. The van der Waals surface area contributed by atoms with Gasteiger partial charge >= 0.3 is 125 Å². The summed E-state index contributed by atoms with van der Waals surface area (Å²) in [7, 11) is 0. The van der Waals surface area contributed by atoms with Crippen LogP contribution in [0.4, 0.5) is 10.5 Å². The molecule has 0 unspecified atom stereocenters. The molecular formula is C16H20AsN3O3S. The number of carbonyl (C=O) groups is 2. The number of benzene rings is 1. The molecule has 128 valence electrons. The van der Waals surface area contributed by atoms with Gasteiger partial charge in [0.05, 0.1) is 6.04 Å². The van der Waals surface area contributed by atoms with E-state index >= 15 is 0 Å². The van der Waals surface area contributed by atoms with Gasteiger partial charge in [-0.3, -0.25) is 0 Å². The quantitative estimate of drug-likeness (QED) is 0.357. The zero-order valence-corrected chi connectivity index (χ0v) is 15.9.